The maximum absolute atomic E-state index is 6.16. The molecule has 0 amide bonds. The van der Waals surface area contributed by atoms with Gasteiger partial charge in [-0.1, -0.05) is 19.3 Å². The Morgan fingerprint density at radius 3 is 2.33 bits per heavy atom. The first kappa shape index (κ1) is 14.6. The van der Waals surface area contributed by atoms with E-state index in [4.69, 9.17) is 9.47 Å². The van der Waals surface area contributed by atoms with Crippen LogP contribution in [-0.4, -0.2) is 19.3 Å². The standard InChI is InChI=1S/C18H27NO2/c1-20-17-12-11-15(19-14-7-3-2-4-8-14)13-18(17)21-16-9-5-6-10-16/h11-14,16,19H,2-10H2,1H3. The number of benzene rings is 1. The summed E-state index contributed by atoms with van der Waals surface area (Å²) >= 11 is 0. The molecular weight excluding hydrogens is 262 g/mol. The van der Waals surface area contributed by atoms with Crippen molar-refractivity contribution in [1.82, 2.24) is 0 Å². The van der Waals surface area contributed by atoms with Gasteiger partial charge in [0.1, 0.15) is 0 Å². The highest BCUT2D eigenvalue weighted by Crippen LogP contribution is 2.34. The third kappa shape index (κ3) is 3.84. The molecule has 0 radical (unpaired) electrons. The van der Waals surface area contributed by atoms with Gasteiger partial charge in [0.05, 0.1) is 13.2 Å². The molecule has 0 bridgehead atoms. The van der Waals surface area contributed by atoms with Crippen molar-refractivity contribution < 1.29 is 9.47 Å². The van der Waals surface area contributed by atoms with Crippen molar-refractivity contribution in [3.05, 3.63) is 18.2 Å². The van der Waals surface area contributed by atoms with Crippen LogP contribution >= 0.6 is 0 Å². The van der Waals surface area contributed by atoms with Gasteiger partial charge in [-0.15, -0.1) is 0 Å². The smallest absolute Gasteiger partial charge is 0.163 e. The quantitative estimate of drug-likeness (QED) is 0.847. The van der Waals surface area contributed by atoms with Gasteiger partial charge in [-0.25, -0.2) is 0 Å². The average Bonchev–Trinajstić information content (AvgIpc) is 3.02. The van der Waals surface area contributed by atoms with Crippen LogP contribution in [0.5, 0.6) is 11.5 Å². The lowest BCUT2D eigenvalue weighted by atomic mass is 9.95. The molecule has 3 heteroatoms. The van der Waals surface area contributed by atoms with E-state index in [1.165, 1.54) is 57.8 Å². The Morgan fingerprint density at radius 1 is 0.905 bits per heavy atom. The van der Waals surface area contributed by atoms with E-state index in [9.17, 15) is 0 Å². The van der Waals surface area contributed by atoms with Gasteiger partial charge in [-0.05, 0) is 50.7 Å². The first-order valence-electron chi connectivity index (χ1n) is 8.46. The normalized spacial score (nSPS) is 20.4. The molecule has 3 rings (SSSR count). The largest absolute Gasteiger partial charge is 0.493 e. The molecule has 2 aliphatic rings. The highest BCUT2D eigenvalue weighted by Gasteiger charge is 2.19. The molecule has 116 valence electrons. The van der Waals surface area contributed by atoms with Crippen LogP contribution in [0.15, 0.2) is 18.2 Å². The van der Waals surface area contributed by atoms with Crippen LogP contribution in [0, 0.1) is 0 Å². The fraction of sp³-hybridized carbons (Fsp3) is 0.667. The number of methoxy groups -OCH3 is 1. The zero-order valence-electron chi connectivity index (χ0n) is 13.1. The molecule has 1 aromatic rings. The second kappa shape index (κ2) is 7.06. The molecule has 2 fully saturated rings. The number of rotatable bonds is 5. The second-order valence-electron chi connectivity index (χ2n) is 6.37. The zero-order valence-corrected chi connectivity index (χ0v) is 13.1. The fourth-order valence-electron chi connectivity index (χ4n) is 3.53. The SMILES string of the molecule is COc1ccc(NC2CCCCC2)cc1OC1CCCC1. The van der Waals surface area contributed by atoms with E-state index in [1.54, 1.807) is 7.11 Å². The topological polar surface area (TPSA) is 30.5 Å². The van der Waals surface area contributed by atoms with E-state index < -0.39 is 0 Å². The number of hydrogen-bond acceptors (Lipinski definition) is 3. The fourth-order valence-corrected chi connectivity index (χ4v) is 3.53. The van der Waals surface area contributed by atoms with Crippen LogP contribution in [0.2, 0.25) is 0 Å². The zero-order chi connectivity index (χ0) is 14.5. The van der Waals surface area contributed by atoms with E-state index in [1.807, 2.05) is 6.07 Å². The van der Waals surface area contributed by atoms with Crippen LogP contribution in [0.1, 0.15) is 57.8 Å². The third-order valence-corrected chi connectivity index (χ3v) is 4.74. The van der Waals surface area contributed by atoms with Gasteiger partial charge in [-0.3, -0.25) is 0 Å². The van der Waals surface area contributed by atoms with Crippen molar-refractivity contribution in [1.29, 1.82) is 0 Å². The van der Waals surface area contributed by atoms with E-state index in [0.717, 1.165) is 17.2 Å². The number of ether oxygens (including phenoxy) is 2. The summed E-state index contributed by atoms with van der Waals surface area (Å²) in [6.45, 7) is 0. The van der Waals surface area contributed by atoms with Crippen LogP contribution in [0.25, 0.3) is 0 Å². The lowest BCUT2D eigenvalue weighted by molar-refractivity contribution is 0.201. The van der Waals surface area contributed by atoms with Crippen molar-refractivity contribution in [3.63, 3.8) is 0 Å². The number of anilines is 1. The van der Waals surface area contributed by atoms with Gasteiger partial charge in [0.2, 0.25) is 0 Å². The summed E-state index contributed by atoms with van der Waals surface area (Å²) in [5, 5.41) is 3.66. The maximum Gasteiger partial charge on any atom is 0.163 e. The third-order valence-electron chi connectivity index (χ3n) is 4.74. The Morgan fingerprint density at radius 2 is 1.62 bits per heavy atom. The van der Waals surface area contributed by atoms with Crippen molar-refractivity contribution >= 4 is 5.69 Å². The highest BCUT2D eigenvalue weighted by molar-refractivity contribution is 5.55. The Bertz CT molecular complexity index is 449. The molecule has 0 aromatic heterocycles. The van der Waals surface area contributed by atoms with E-state index in [0.29, 0.717) is 12.1 Å². The molecule has 2 saturated carbocycles. The van der Waals surface area contributed by atoms with E-state index in [-0.39, 0.29) is 0 Å². The maximum atomic E-state index is 6.16. The van der Waals surface area contributed by atoms with Crippen LogP contribution in [0.4, 0.5) is 5.69 Å². The minimum Gasteiger partial charge on any atom is -0.493 e. The monoisotopic (exact) mass is 289 g/mol. The Labute approximate surface area is 128 Å². The Hall–Kier alpha value is -1.38. The van der Waals surface area contributed by atoms with Crippen LogP contribution in [0.3, 0.4) is 0 Å². The molecule has 0 unspecified atom stereocenters. The van der Waals surface area contributed by atoms with Crippen LogP contribution in [-0.2, 0) is 0 Å². The van der Waals surface area contributed by atoms with Crippen LogP contribution < -0.4 is 14.8 Å². The van der Waals surface area contributed by atoms with Crippen molar-refractivity contribution in [2.75, 3.05) is 12.4 Å². The first-order chi connectivity index (χ1) is 10.3. The average molecular weight is 289 g/mol. The lowest BCUT2D eigenvalue weighted by Crippen LogP contribution is -2.22. The molecule has 21 heavy (non-hydrogen) atoms. The predicted octanol–water partition coefficient (Wildman–Crippen LogP) is 4.76. The summed E-state index contributed by atoms with van der Waals surface area (Å²) < 4.78 is 11.6. The van der Waals surface area contributed by atoms with Crippen molar-refractivity contribution in [3.8, 4) is 11.5 Å². The number of nitrogens with one attached hydrogen (secondary N) is 1. The summed E-state index contributed by atoms with van der Waals surface area (Å²) in [6.07, 6.45) is 11.9. The van der Waals surface area contributed by atoms with E-state index >= 15 is 0 Å². The summed E-state index contributed by atoms with van der Waals surface area (Å²) in [7, 11) is 1.71. The number of hydrogen-bond donors (Lipinski definition) is 1. The molecule has 1 N–H and O–H groups in total. The van der Waals surface area contributed by atoms with Gasteiger partial charge in [0, 0.05) is 17.8 Å². The summed E-state index contributed by atoms with van der Waals surface area (Å²) in [4.78, 5) is 0. The van der Waals surface area contributed by atoms with Gasteiger partial charge >= 0.3 is 0 Å². The molecule has 0 saturated heterocycles. The summed E-state index contributed by atoms with van der Waals surface area (Å²) in [6, 6.07) is 6.86. The summed E-state index contributed by atoms with van der Waals surface area (Å²) in [5.41, 5.74) is 1.16. The first-order valence-corrected chi connectivity index (χ1v) is 8.46. The Balaban J connectivity index is 1.69. The summed E-state index contributed by atoms with van der Waals surface area (Å²) in [5.74, 6) is 1.74. The lowest BCUT2D eigenvalue weighted by Gasteiger charge is -2.24. The molecule has 2 aliphatic carbocycles. The van der Waals surface area contributed by atoms with Crippen molar-refractivity contribution in [2.45, 2.75) is 69.9 Å². The Kier molecular flexibility index (Phi) is 4.89. The van der Waals surface area contributed by atoms with Crippen molar-refractivity contribution in [2.24, 2.45) is 0 Å². The minimum absolute atomic E-state index is 0.365. The second-order valence-corrected chi connectivity index (χ2v) is 6.37. The predicted molar refractivity (Wildman–Crippen MR) is 86.4 cm³/mol. The van der Waals surface area contributed by atoms with Gasteiger partial charge in [-0.2, -0.15) is 0 Å². The molecule has 3 nitrogen and oxygen atoms in total. The van der Waals surface area contributed by atoms with Gasteiger partial charge < -0.3 is 14.8 Å². The molecule has 0 heterocycles. The molecule has 0 spiro atoms. The molecule has 0 atom stereocenters. The highest BCUT2D eigenvalue weighted by atomic mass is 16.5. The van der Waals surface area contributed by atoms with Gasteiger partial charge in [0.15, 0.2) is 11.5 Å². The molecule has 1 aromatic carbocycles. The van der Waals surface area contributed by atoms with E-state index in [2.05, 4.69) is 17.4 Å². The van der Waals surface area contributed by atoms with Gasteiger partial charge in [0.25, 0.3) is 0 Å². The molecular formula is C18H27NO2. The minimum atomic E-state index is 0.365. The molecule has 0 aliphatic heterocycles.